The number of nitrogens with one attached hydrogen (secondary N) is 1. The van der Waals surface area contributed by atoms with Crippen LogP contribution < -0.4 is 15.0 Å². The number of halogens is 1. The summed E-state index contributed by atoms with van der Waals surface area (Å²) in [4.78, 5) is 17.3. The average molecular weight is 388 g/mol. The van der Waals surface area contributed by atoms with Crippen molar-refractivity contribution in [3.05, 3.63) is 53.6 Å². The molecule has 2 aromatic rings. The number of hydrogen-bond donors (Lipinski definition) is 1. The van der Waals surface area contributed by atoms with Gasteiger partial charge in [-0.25, -0.2) is 0 Å². The summed E-state index contributed by atoms with van der Waals surface area (Å²) in [6, 6.07) is 15.1. The first kappa shape index (κ1) is 19.5. The molecule has 0 aromatic heterocycles. The maximum atomic E-state index is 12.6. The second-order valence-electron chi connectivity index (χ2n) is 6.80. The third-order valence-corrected chi connectivity index (χ3v) is 4.98. The molecule has 0 spiro atoms. The van der Waals surface area contributed by atoms with Gasteiger partial charge in [0.25, 0.3) is 5.91 Å². The molecule has 0 bridgehead atoms. The monoisotopic (exact) mass is 387 g/mol. The van der Waals surface area contributed by atoms with E-state index in [0.29, 0.717) is 17.2 Å². The molecule has 1 aliphatic rings. The molecule has 0 aliphatic carbocycles. The molecule has 1 unspecified atom stereocenters. The molecule has 1 atom stereocenters. The summed E-state index contributed by atoms with van der Waals surface area (Å²) in [5.74, 6) is 0.430. The van der Waals surface area contributed by atoms with Crippen LogP contribution in [0.4, 0.5) is 11.4 Å². The molecular formula is C21H26ClN3O2. The van der Waals surface area contributed by atoms with E-state index in [1.165, 1.54) is 5.69 Å². The largest absolute Gasteiger partial charge is 0.481 e. The summed E-state index contributed by atoms with van der Waals surface area (Å²) < 4.78 is 5.80. The Morgan fingerprint density at radius 1 is 1.15 bits per heavy atom. The van der Waals surface area contributed by atoms with Crippen molar-refractivity contribution in [2.75, 3.05) is 43.4 Å². The molecule has 3 rings (SSSR count). The van der Waals surface area contributed by atoms with Gasteiger partial charge in [0, 0.05) is 42.6 Å². The Bertz CT molecular complexity index is 758. The summed E-state index contributed by atoms with van der Waals surface area (Å²) in [7, 11) is 2.14. The number of anilines is 2. The van der Waals surface area contributed by atoms with Gasteiger partial charge in [-0.05, 0) is 55.9 Å². The van der Waals surface area contributed by atoms with Crippen LogP contribution >= 0.6 is 11.6 Å². The van der Waals surface area contributed by atoms with Gasteiger partial charge >= 0.3 is 0 Å². The number of carbonyl (C=O) groups excluding carboxylic acids is 1. The Morgan fingerprint density at radius 2 is 1.85 bits per heavy atom. The predicted molar refractivity (Wildman–Crippen MR) is 111 cm³/mol. The van der Waals surface area contributed by atoms with Crippen LogP contribution in [0.1, 0.15) is 13.3 Å². The van der Waals surface area contributed by atoms with Crippen molar-refractivity contribution >= 4 is 28.9 Å². The van der Waals surface area contributed by atoms with Gasteiger partial charge in [-0.3, -0.25) is 4.79 Å². The lowest BCUT2D eigenvalue weighted by atomic mass is 10.2. The van der Waals surface area contributed by atoms with E-state index >= 15 is 0 Å². The number of amides is 1. The third-order valence-electron chi connectivity index (χ3n) is 4.74. The fourth-order valence-corrected chi connectivity index (χ4v) is 3.25. The number of rotatable bonds is 6. The van der Waals surface area contributed by atoms with Gasteiger partial charge < -0.3 is 19.9 Å². The molecule has 2 aromatic carbocycles. The predicted octanol–water partition coefficient (Wildman–Crippen LogP) is 3.89. The second-order valence-corrected chi connectivity index (χ2v) is 7.24. The fourth-order valence-electron chi connectivity index (χ4n) is 3.07. The zero-order valence-corrected chi connectivity index (χ0v) is 16.6. The molecule has 1 amide bonds. The van der Waals surface area contributed by atoms with Crippen molar-refractivity contribution in [1.82, 2.24) is 4.90 Å². The summed E-state index contributed by atoms with van der Waals surface area (Å²) >= 11 is 5.98. The smallest absolute Gasteiger partial charge is 0.265 e. The van der Waals surface area contributed by atoms with Crippen LogP contribution in [-0.2, 0) is 4.79 Å². The highest BCUT2D eigenvalue weighted by molar-refractivity contribution is 6.30. The molecule has 1 N–H and O–H groups in total. The molecule has 0 saturated carbocycles. The van der Waals surface area contributed by atoms with Gasteiger partial charge in [-0.1, -0.05) is 24.6 Å². The number of carbonyl (C=O) groups is 1. The van der Waals surface area contributed by atoms with Gasteiger partial charge in [0.05, 0.1) is 0 Å². The van der Waals surface area contributed by atoms with E-state index in [-0.39, 0.29) is 5.91 Å². The lowest BCUT2D eigenvalue weighted by molar-refractivity contribution is -0.122. The van der Waals surface area contributed by atoms with E-state index in [0.717, 1.165) is 31.9 Å². The number of piperazine rings is 1. The van der Waals surface area contributed by atoms with E-state index in [4.69, 9.17) is 16.3 Å². The first-order valence-corrected chi connectivity index (χ1v) is 9.69. The highest BCUT2D eigenvalue weighted by Crippen LogP contribution is 2.21. The molecular weight excluding hydrogens is 362 g/mol. The van der Waals surface area contributed by atoms with Crippen molar-refractivity contribution in [2.45, 2.75) is 19.4 Å². The lowest BCUT2D eigenvalue weighted by Crippen LogP contribution is -2.44. The van der Waals surface area contributed by atoms with Gasteiger partial charge in [-0.2, -0.15) is 0 Å². The minimum atomic E-state index is -0.569. The number of hydrogen-bond acceptors (Lipinski definition) is 4. The van der Waals surface area contributed by atoms with E-state index < -0.39 is 6.10 Å². The van der Waals surface area contributed by atoms with Crippen molar-refractivity contribution in [3.63, 3.8) is 0 Å². The fraction of sp³-hybridized carbons (Fsp3) is 0.381. The average Bonchev–Trinajstić information content (AvgIpc) is 2.67. The summed E-state index contributed by atoms with van der Waals surface area (Å²) in [5.41, 5.74) is 1.95. The Morgan fingerprint density at radius 3 is 2.48 bits per heavy atom. The molecule has 1 fully saturated rings. The zero-order valence-electron chi connectivity index (χ0n) is 15.8. The number of likely N-dealkylation sites (N-methyl/N-ethyl adjacent to an activating group) is 1. The Balaban J connectivity index is 1.59. The minimum Gasteiger partial charge on any atom is -0.481 e. The molecule has 5 nitrogen and oxygen atoms in total. The van der Waals surface area contributed by atoms with Crippen LogP contribution in [0.2, 0.25) is 5.02 Å². The minimum absolute atomic E-state index is 0.162. The molecule has 1 saturated heterocycles. The number of nitrogens with zero attached hydrogens (tertiary/aromatic N) is 2. The van der Waals surface area contributed by atoms with E-state index in [1.807, 2.05) is 19.1 Å². The van der Waals surface area contributed by atoms with Gasteiger partial charge in [0.1, 0.15) is 5.75 Å². The van der Waals surface area contributed by atoms with Crippen molar-refractivity contribution in [3.8, 4) is 5.75 Å². The normalized spacial score (nSPS) is 16.0. The number of ether oxygens (including phenoxy) is 1. The van der Waals surface area contributed by atoms with E-state index in [2.05, 4.69) is 34.3 Å². The highest BCUT2D eigenvalue weighted by Gasteiger charge is 2.19. The van der Waals surface area contributed by atoms with Crippen molar-refractivity contribution < 1.29 is 9.53 Å². The van der Waals surface area contributed by atoms with Crippen LogP contribution in [0.5, 0.6) is 5.75 Å². The van der Waals surface area contributed by atoms with E-state index in [1.54, 1.807) is 24.3 Å². The lowest BCUT2D eigenvalue weighted by Gasteiger charge is -2.34. The highest BCUT2D eigenvalue weighted by atomic mass is 35.5. The van der Waals surface area contributed by atoms with Gasteiger partial charge in [0.15, 0.2) is 6.10 Å². The van der Waals surface area contributed by atoms with Crippen LogP contribution in [0, 0.1) is 0 Å². The first-order valence-electron chi connectivity index (χ1n) is 9.32. The Labute approximate surface area is 165 Å². The van der Waals surface area contributed by atoms with Crippen LogP contribution in [0.25, 0.3) is 0 Å². The first-order chi connectivity index (χ1) is 13.0. The zero-order chi connectivity index (χ0) is 19.2. The van der Waals surface area contributed by atoms with Crippen LogP contribution in [-0.4, -0.2) is 50.1 Å². The molecule has 144 valence electrons. The maximum absolute atomic E-state index is 12.6. The van der Waals surface area contributed by atoms with E-state index in [9.17, 15) is 4.79 Å². The van der Waals surface area contributed by atoms with Crippen molar-refractivity contribution in [2.24, 2.45) is 0 Å². The summed E-state index contributed by atoms with van der Waals surface area (Å²) in [6.07, 6.45) is -0.00154. The molecule has 6 heteroatoms. The standard InChI is InChI=1S/C21H26ClN3O2/c1-3-20(27-19-6-4-5-16(22)15-19)21(26)23-17-7-9-18(10-8-17)25-13-11-24(2)12-14-25/h4-10,15,20H,3,11-14H2,1-2H3,(H,23,26). The van der Waals surface area contributed by atoms with Crippen molar-refractivity contribution in [1.29, 1.82) is 0 Å². The topological polar surface area (TPSA) is 44.8 Å². The maximum Gasteiger partial charge on any atom is 0.265 e. The Kier molecular flexibility index (Phi) is 6.58. The molecule has 1 aliphatic heterocycles. The summed E-state index contributed by atoms with van der Waals surface area (Å²) in [6.45, 7) is 6.10. The van der Waals surface area contributed by atoms with Gasteiger partial charge in [-0.15, -0.1) is 0 Å². The van der Waals surface area contributed by atoms with Crippen LogP contribution in [0.15, 0.2) is 48.5 Å². The second kappa shape index (κ2) is 9.11. The molecule has 0 radical (unpaired) electrons. The Hall–Kier alpha value is -2.24. The van der Waals surface area contributed by atoms with Crippen LogP contribution in [0.3, 0.4) is 0 Å². The third kappa shape index (κ3) is 5.37. The van der Waals surface area contributed by atoms with Gasteiger partial charge in [0.2, 0.25) is 0 Å². The quantitative estimate of drug-likeness (QED) is 0.816. The SMILES string of the molecule is CCC(Oc1cccc(Cl)c1)C(=O)Nc1ccc(N2CCN(C)CC2)cc1. The summed E-state index contributed by atoms with van der Waals surface area (Å²) in [5, 5.41) is 3.53. The molecule has 1 heterocycles. The molecule has 27 heavy (non-hydrogen) atoms. The number of benzene rings is 2.